The van der Waals surface area contributed by atoms with Crippen LogP contribution in [0, 0.1) is 10.1 Å². The second-order valence-corrected chi connectivity index (χ2v) is 6.54. The average Bonchev–Trinajstić information content (AvgIpc) is 3.24. The van der Waals surface area contributed by atoms with E-state index >= 15 is 0 Å². The van der Waals surface area contributed by atoms with Crippen LogP contribution in [0.2, 0.25) is 0 Å². The van der Waals surface area contributed by atoms with Gasteiger partial charge in [0.2, 0.25) is 0 Å². The summed E-state index contributed by atoms with van der Waals surface area (Å²) in [5, 5.41) is 15.0. The Labute approximate surface area is 160 Å². The highest BCUT2D eigenvalue weighted by Gasteiger charge is 2.44. The Morgan fingerprint density at radius 1 is 1.39 bits per heavy atom. The maximum absolute atomic E-state index is 12.7. The van der Waals surface area contributed by atoms with Gasteiger partial charge < -0.3 is 24.5 Å². The predicted molar refractivity (Wildman–Crippen MR) is 92.4 cm³/mol. The van der Waals surface area contributed by atoms with Crippen LogP contribution in [0.25, 0.3) is 0 Å². The number of carbonyl (C=O) groups excluding carboxylic acids is 3. The molecule has 3 rings (SSSR count). The number of esters is 1. The first-order valence-corrected chi connectivity index (χ1v) is 8.92. The van der Waals surface area contributed by atoms with Crippen LogP contribution >= 0.6 is 0 Å². The maximum atomic E-state index is 12.7. The summed E-state index contributed by atoms with van der Waals surface area (Å²) in [6, 6.07) is -1.07. The van der Waals surface area contributed by atoms with E-state index < -0.39 is 28.9 Å². The van der Waals surface area contributed by atoms with E-state index in [4.69, 9.17) is 9.47 Å². The molecule has 2 amide bonds. The van der Waals surface area contributed by atoms with Gasteiger partial charge in [-0.3, -0.25) is 9.69 Å². The molecule has 2 saturated heterocycles. The van der Waals surface area contributed by atoms with Crippen molar-refractivity contribution in [1.29, 1.82) is 0 Å². The molecule has 0 bridgehead atoms. The topological polar surface area (TPSA) is 137 Å². The number of ether oxygens (including phenoxy) is 2. The standard InChI is InChI=1S/C16H21N5O7/c1-3-27-15(23)12-9-28-16(24)20(12)10-4-6-19(7-5-10)14(22)11-8-17-18(2)13(11)21(25)26/h8,10,12H,3-7,9H2,1-2H3. The number of cyclic esters (lactones) is 1. The highest BCUT2D eigenvalue weighted by Crippen LogP contribution is 2.26. The molecule has 1 unspecified atom stereocenters. The maximum Gasteiger partial charge on any atom is 0.410 e. The number of carbonyl (C=O) groups is 3. The molecule has 0 spiro atoms. The number of aryl methyl sites for hydroxylation is 1. The van der Waals surface area contributed by atoms with Gasteiger partial charge in [-0.05, 0) is 24.7 Å². The molecule has 1 aromatic rings. The molecule has 0 saturated carbocycles. The molecule has 152 valence electrons. The molecule has 2 fully saturated rings. The lowest BCUT2D eigenvalue weighted by Gasteiger charge is -2.37. The molecule has 0 N–H and O–H groups in total. The SMILES string of the molecule is CCOC(=O)C1COC(=O)N1C1CCN(C(=O)c2cnn(C)c2[N+](=O)[O-])CC1. The van der Waals surface area contributed by atoms with Gasteiger partial charge in [-0.2, -0.15) is 0 Å². The number of amides is 2. The summed E-state index contributed by atoms with van der Waals surface area (Å²) in [6.07, 6.45) is 1.45. The van der Waals surface area contributed by atoms with Gasteiger partial charge in [0.15, 0.2) is 11.6 Å². The largest absolute Gasteiger partial charge is 0.464 e. The first kappa shape index (κ1) is 19.6. The van der Waals surface area contributed by atoms with Gasteiger partial charge in [-0.15, -0.1) is 4.68 Å². The highest BCUT2D eigenvalue weighted by atomic mass is 16.6. The summed E-state index contributed by atoms with van der Waals surface area (Å²) in [7, 11) is 1.40. The molecule has 2 aliphatic heterocycles. The molecule has 1 atom stereocenters. The Hall–Kier alpha value is -3.18. The van der Waals surface area contributed by atoms with Crippen LogP contribution in [-0.4, -0.2) is 80.9 Å². The molecule has 28 heavy (non-hydrogen) atoms. The van der Waals surface area contributed by atoms with Crippen molar-refractivity contribution in [2.24, 2.45) is 7.05 Å². The fourth-order valence-corrected chi connectivity index (χ4v) is 3.57. The van der Waals surface area contributed by atoms with Gasteiger partial charge in [0.1, 0.15) is 13.7 Å². The van der Waals surface area contributed by atoms with Crippen molar-refractivity contribution in [2.45, 2.75) is 31.8 Å². The van der Waals surface area contributed by atoms with Crippen LogP contribution < -0.4 is 0 Å². The van der Waals surface area contributed by atoms with Gasteiger partial charge >= 0.3 is 17.9 Å². The molecule has 2 aliphatic rings. The summed E-state index contributed by atoms with van der Waals surface area (Å²) < 4.78 is 11.1. The number of hydrogen-bond acceptors (Lipinski definition) is 8. The van der Waals surface area contributed by atoms with E-state index in [1.165, 1.54) is 23.0 Å². The number of hydrogen-bond donors (Lipinski definition) is 0. The quantitative estimate of drug-likeness (QED) is 0.395. The number of piperidine rings is 1. The zero-order valence-electron chi connectivity index (χ0n) is 15.6. The van der Waals surface area contributed by atoms with Crippen molar-refractivity contribution in [2.75, 3.05) is 26.3 Å². The van der Waals surface area contributed by atoms with Crippen LogP contribution in [0.3, 0.4) is 0 Å². The number of nitro groups is 1. The van der Waals surface area contributed by atoms with E-state index in [1.54, 1.807) is 6.92 Å². The number of aromatic nitrogens is 2. The summed E-state index contributed by atoms with van der Waals surface area (Å²) >= 11 is 0. The van der Waals surface area contributed by atoms with Crippen molar-refractivity contribution in [3.8, 4) is 0 Å². The first-order chi connectivity index (χ1) is 13.3. The zero-order valence-corrected chi connectivity index (χ0v) is 15.6. The van der Waals surface area contributed by atoms with Crippen molar-refractivity contribution < 1.29 is 28.8 Å². The monoisotopic (exact) mass is 395 g/mol. The van der Waals surface area contributed by atoms with Crippen LogP contribution in [0.1, 0.15) is 30.1 Å². The van der Waals surface area contributed by atoms with Crippen molar-refractivity contribution in [3.05, 3.63) is 21.9 Å². The Balaban J connectivity index is 1.67. The minimum absolute atomic E-state index is 0.0569. The Kier molecular flexibility index (Phi) is 5.47. The third-order valence-corrected chi connectivity index (χ3v) is 4.93. The van der Waals surface area contributed by atoms with Crippen molar-refractivity contribution in [1.82, 2.24) is 19.6 Å². The summed E-state index contributed by atoms with van der Waals surface area (Å²) in [5.74, 6) is -1.36. The summed E-state index contributed by atoms with van der Waals surface area (Å²) in [5.41, 5.74) is -0.0732. The van der Waals surface area contributed by atoms with E-state index in [0.29, 0.717) is 12.8 Å². The van der Waals surface area contributed by atoms with Gasteiger partial charge in [0.05, 0.1) is 12.8 Å². The highest BCUT2D eigenvalue weighted by molar-refractivity contribution is 5.97. The van der Waals surface area contributed by atoms with E-state index in [9.17, 15) is 24.5 Å². The second kappa shape index (κ2) is 7.82. The molecule has 12 nitrogen and oxygen atoms in total. The third-order valence-electron chi connectivity index (χ3n) is 4.93. The fourth-order valence-electron chi connectivity index (χ4n) is 3.57. The lowest BCUT2D eigenvalue weighted by atomic mass is 10.0. The van der Waals surface area contributed by atoms with Gasteiger partial charge in [-0.25, -0.2) is 9.59 Å². The van der Waals surface area contributed by atoms with E-state index in [0.717, 1.165) is 4.68 Å². The lowest BCUT2D eigenvalue weighted by Crippen LogP contribution is -2.52. The Morgan fingerprint density at radius 2 is 2.07 bits per heavy atom. The number of rotatable bonds is 5. The number of likely N-dealkylation sites (tertiary alicyclic amines) is 1. The molecular formula is C16H21N5O7. The Morgan fingerprint density at radius 3 is 2.68 bits per heavy atom. The molecule has 0 radical (unpaired) electrons. The minimum Gasteiger partial charge on any atom is -0.464 e. The molecule has 3 heterocycles. The van der Waals surface area contributed by atoms with Crippen LogP contribution in [0.5, 0.6) is 0 Å². The minimum atomic E-state index is -0.792. The molecule has 12 heteroatoms. The molecule has 0 aromatic carbocycles. The van der Waals surface area contributed by atoms with E-state index in [1.807, 2.05) is 0 Å². The normalized spacial score (nSPS) is 20.2. The van der Waals surface area contributed by atoms with Gasteiger partial charge in [-0.1, -0.05) is 5.10 Å². The van der Waals surface area contributed by atoms with E-state index in [-0.39, 0.29) is 43.7 Å². The zero-order chi connectivity index (χ0) is 20.4. The average molecular weight is 395 g/mol. The first-order valence-electron chi connectivity index (χ1n) is 8.92. The van der Waals surface area contributed by atoms with E-state index in [2.05, 4.69) is 5.10 Å². The lowest BCUT2D eigenvalue weighted by molar-refractivity contribution is -0.392. The van der Waals surface area contributed by atoms with Crippen LogP contribution in [0.4, 0.5) is 10.6 Å². The number of nitrogens with zero attached hydrogens (tertiary/aromatic N) is 5. The predicted octanol–water partition coefficient (Wildman–Crippen LogP) is 0.317. The van der Waals surface area contributed by atoms with Crippen LogP contribution in [0.15, 0.2) is 6.20 Å². The van der Waals surface area contributed by atoms with Gasteiger partial charge in [0, 0.05) is 19.1 Å². The smallest absolute Gasteiger partial charge is 0.410 e. The molecule has 0 aliphatic carbocycles. The third kappa shape index (κ3) is 3.49. The van der Waals surface area contributed by atoms with Crippen LogP contribution in [-0.2, 0) is 21.3 Å². The molecular weight excluding hydrogens is 374 g/mol. The summed E-state index contributed by atoms with van der Waals surface area (Å²) in [6.45, 7) is 2.40. The van der Waals surface area contributed by atoms with Gasteiger partial charge in [0.25, 0.3) is 5.91 Å². The summed E-state index contributed by atoms with van der Waals surface area (Å²) in [4.78, 5) is 50.2. The second-order valence-electron chi connectivity index (χ2n) is 6.54. The van der Waals surface area contributed by atoms with Crippen molar-refractivity contribution >= 4 is 23.8 Å². The van der Waals surface area contributed by atoms with Crippen molar-refractivity contribution in [3.63, 3.8) is 0 Å². The fraction of sp³-hybridized carbons (Fsp3) is 0.625. The molecule has 1 aromatic heterocycles. The Bertz CT molecular complexity index is 799.